The number of nitrogens with one attached hydrogen (secondary N) is 2. The molecule has 0 aliphatic heterocycles. The molecular weight excluding hydrogens is 428 g/mol. The molecule has 0 bridgehead atoms. The van der Waals surface area contributed by atoms with E-state index < -0.39 is 16.1 Å². The van der Waals surface area contributed by atoms with Crippen molar-refractivity contribution in [2.45, 2.75) is 30.4 Å². The Morgan fingerprint density at radius 1 is 0.938 bits per heavy atom. The van der Waals surface area contributed by atoms with Crippen molar-refractivity contribution in [2.75, 3.05) is 17.9 Å². The number of sulfonamides is 1. The number of aliphatic hydroxyl groups excluding tert-OH is 1. The molecule has 0 spiro atoms. The molecule has 2 atom stereocenters. The van der Waals surface area contributed by atoms with E-state index in [0.29, 0.717) is 18.0 Å². The van der Waals surface area contributed by atoms with Crippen molar-refractivity contribution in [2.24, 2.45) is 0 Å². The Balaban J connectivity index is 1.43. The first-order valence-corrected chi connectivity index (χ1v) is 11.8. The highest BCUT2D eigenvalue weighted by Crippen LogP contribution is 2.18. The maximum absolute atomic E-state index is 12.4. The molecule has 0 aromatic heterocycles. The minimum Gasteiger partial charge on any atom is -0.508 e. The first-order chi connectivity index (χ1) is 15.3. The van der Waals surface area contributed by atoms with Crippen molar-refractivity contribution < 1.29 is 23.4 Å². The number of phenolic OH excluding ortho intramolecular Hbond substituents is 1. The summed E-state index contributed by atoms with van der Waals surface area (Å²) in [5.41, 5.74) is 1.54. The number of hydrogen-bond donors (Lipinski definition) is 4. The molecule has 170 valence electrons. The molecule has 1 unspecified atom stereocenters. The van der Waals surface area contributed by atoms with E-state index in [0.717, 1.165) is 12.0 Å². The van der Waals surface area contributed by atoms with Crippen molar-refractivity contribution in [3.63, 3.8) is 0 Å². The number of aliphatic hydroxyl groups is 1. The number of rotatable bonds is 11. The summed E-state index contributed by atoms with van der Waals surface area (Å²) in [6, 6.07) is 21.9. The lowest BCUT2D eigenvalue weighted by Gasteiger charge is -2.18. The van der Waals surface area contributed by atoms with Gasteiger partial charge in [-0.3, -0.25) is 4.72 Å². The average molecular weight is 457 g/mol. The van der Waals surface area contributed by atoms with Crippen molar-refractivity contribution in [1.82, 2.24) is 5.32 Å². The van der Waals surface area contributed by atoms with Crippen LogP contribution in [0.25, 0.3) is 0 Å². The van der Waals surface area contributed by atoms with Gasteiger partial charge in [-0.15, -0.1) is 0 Å². The second-order valence-corrected chi connectivity index (χ2v) is 9.27. The summed E-state index contributed by atoms with van der Waals surface area (Å²) >= 11 is 0. The van der Waals surface area contributed by atoms with Crippen LogP contribution in [-0.2, 0) is 16.4 Å². The summed E-state index contributed by atoms with van der Waals surface area (Å²) < 4.78 is 32.9. The van der Waals surface area contributed by atoms with Crippen LogP contribution in [-0.4, -0.2) is 43.9 Å². The summed E-state index contributed by atoms with van der Waals surface area (Å²) in [4.78, 5) is 0.217. The number of hydrogen-bond acceptors (Lipinski definition) is 6. The minimum absolute atomic E-state index is 0.102. The zero-order valence-corrected chi connectivity index (χ0v) is 18.6. The van der Waals surface area contributed by atoms with Gasteiger partial charge in [0.05, 0.1) is 4.90 Å². The average Bonchev–Trinajstić information content (AvgIpc) is 2.79. The topological polar surface area (TPSA) is 108 Å². The van der Waals surface area contributed by atoms with Crippen LogP contribution >= 0.6 is 0 Å². The Hall–Kier alpha value is -3.07. The van der Waals surface area contributed by atoms with Crippen LogP contribution in [0.5, 0.6) is 11.5 Å². The molecule has 0 radical (unpaired) electrons. The van der Waals surface area contributed by atoms with Crippen LogP contribution < -0.4 is 14.8 Å². The van der Waals surface area contributed by atoms with Gasteiger partial charge >= 0.3 is 0 Å². The first kappa shape index (κ1) is 23.6. The lowest BCUT2D eigenvalue weighted by atomic mass is 10.1. The van der Waals surface area contributed by atoms with Crippen molar-refractivity contribution in [3.05, 3.63) is 84.4 Å². The third-order valence-electron chi connectivity index (χ3n) is 4.78. The van der Waals surface area contributed by atoms with E-state index in [1.807, 2.05) is 19.1 Å². The molecule has 0 fully saturated rings. The molecule has 0 aliphatic carbocycles. The SMILES string of the molecule is CC(Cc1ccc(NS(=O)(=O)c2ccccc2)cc1)NC[C@H](O)COc1ccc(O)cc1. The van der Waals surface area contributed by atoms with Gasteiger partial charge in [0.2, 0.25) is 0 Å². The van der Waals surface area contributed by atoms with Gasteiger partial charge < -0.3 is 20.3 Å². The fraction of sp³-hybridized carbons (Fsp3) is 0.250. The number of anilines is 1. The molecule has 7 nitrogen and oxygen atoms in total. The summed E-state index contributed by atoms with van der Waals surface area (Å²) in [5, 5.41) is 22.7. The summed E-state index contributed by atoms with van der Waals surface area (Å²) in [6.07, 6.45) is 0.0399. The van der Waals surface area contributed by atoms with Crippen molar-refractivity contribution in [1.29, 1.82) is 0 Å². The monoisotopic (exact) mass is 456 g/mol. The number of phenols is 1. The number of aromatic hydroxyl groups is 1. The Morgan fingerprint density at radius 3 is 2.25 bits per heavy atom. The molecule has 4 N–H and O–H groups in total. The van der Waals surface area contributed by atoms with E-state index in [1.165, 1.54) is 12.1 Å². The van der Waals surface area contributed by atoms with E-state index >= 15 is 0 Å². The van der Waals surface area contributed by atoms with E-state index in [4.69, 9.17) is 4.74 Å². The minimum atomic E-state index is -3.61. The molecule has 3 rings (SSSR count). The van der Waals surface area contributed by atoms with Crippen molar-refractivity contribution in [3.8, 4) is 11.5 Å². The third kappa shape index (κ3) is 7.26. The standard InChI is InChI=1S/C24H28N2O5S/c1-18(25-16-22(28)17-31-23-13-11-21(27)12-14-23)15-19-7-9-20(10-8-19)26-32(29,30)24-5-3-2-4-6-24/h2-14,18,22,25-28H,15-17H2,1H3/t18?,22-/m0/s1. The summed E-state index contributed by atoms with van der Waals surface area (Å²) in [7, 11) is -3.61. The van der Waals surface area contributed by atoms with E-state index in [9.17, 15) is 18.6 Å². The van der Waals surface area contributed by atoms with Crippen LogP contribution in [0.2, 0.25) is 0 Å². The molecule has 3 aromatic carbocycles. The van der Waals surface area contributed by atoms with E-state index in [1.54, 1.807) is 54.6 Å². The van der Waals surface area contributed by atoms with Gasteiger partial charge in [0.15, 0.2) is 0 Å². The second-order valence-electron chi connectivity index (χ2n) is 7.59. The predicted molar refractivity (Wildman–Crippen MR) is 124 cm³/mol. The molecule has 32 heavy (non-hydrogen) atoms. The molecule has 0 saturated heterocycles. The van der Waals surface area contributed by atoms with Gasteiger partial charge in [-0.1, -0.05) is 30.3 Å². The fourth-order valence-electron chi connectivity index (χ4n) is 3.08. The Morgan fingerprint density at radius 2 is 1.59 bits per heavy atom. The van der Waals surface area contributed by atoms with Crippen molar-refractivity contribution >= 4 is 15.7 Å². The molecule has 8 heteroatoms. The highest BCUT2D eigenvalue weighted by Gasteiger charge is 2.14. The molecular formula is C24H28N2O5S. The Kier molecular flexibility index (Phi) is 8.10. The zero-order valence-electron chi connectivity index (χ0n) is 17.8. The normalized spacial score (nSPS) is 13.3. The fourth-order valence-corrected chi connectivity index (χ4v) is 4.16. The van der Waals surface area contributed by atoms with Gasteiger partial charge in [-0.05, 0) is 67.4 Å². The summed E-state index contributed by atoms with van der Waals surface area (Å²) in [5.74, 6) is 0.743. The van der Waals surface area contributed by atoms with Crippen LogP contribution in [0.3, 0.4) is 0 Å². The molecule has 0 saturated carbocycles. The molecule has 0 heterocycles. The van der Waals surface area contributed by atoms with Crippen LogP contribution in [0.15, 0.2) is 83.8 Å². The Bertz CT molecular complexity index is 1070. The lowest BCUT2D eigenvalue weighted by Crippen LogP contribution is -2.37. The largest absolute Gasteiger partial charge is 0.508 e. The zero-order chi connectivity index (χ0) is 23.0. The highest BCUT2D eigenvalue weighted by atomic mass is 32.2. The molecule has 3 aromatic rings. The van der Waals surface area contributed by atoms with E-state index in [-0.39, 0.29) is 23.3 Å². The van der Waals surface area contributed by atoms with E-state index in [2.05, 4.69) is 10.0 Å². The second kappa shape index (κ2) is 11.0. The summed E-state index contributed by atoms with van der Waals surface area (Å²) in [6.45, 7) is 2.52. The van der Waals surface area contributed by atoms with Gasteiger partial charge in [0, 0.05) is 18.3 Å². The van der Waals surface area contributed by atoms with Gasteiger partial charge in [-0.2, -0.15) is 0 Å². The van der Waals surface area contributed by atoms with Gasteiger partial charge in [-0.25, -0.2) is 8.42 Å². The number of benzene rings is 3. The predicted octanol–water partition coefficient (Wildman–Crippen LogP) is 3.15. The van der Waals surface area contributed by atoms with Crippen LogP contribution in [0.4, 0.5) is 5.69 Å². The molecule has 0 aliphatic rings. The van der Waals surface area contributed by atoms with Crippen LogP contribution in [0.1, 0.15) is 12.5 Å². The molecule has 0 amide bonds. The number of ether oxygens (including phenoxy) is 1. The highest BCUT2D eigenvalue weighted by molar-refractivity contribution is 7.92. The Labute approximate surface area is 188 Å². The van der Waals surface area contributed by atoms with Gasteiger partial charge in [0.1, 0.15) is 24.2 Å². The quantitative estimate of drug-likeness (QED) is 0.353. The first-order valence-electron chi connectivity index (χ1n) is 10.3. The third-order valence-corrected chi connectivity index (χ3v) is 6.18. The smallest absolute Gasteiger partial charge is 0.261 e. The van der Waals surface area contributed by atoms with Crippen LogP contribution in [0, 0.1) is 0 Å². The van der Waals surface area contributed by atoms with Gasteiger partial charge in [0.25, 0.3) is 10.0 Å². The lowest BCUT2D eigenvalue weighted by molar-refractivity contribution is 0.104. The maximum Gasteiger partial charge on any atom is 0.261 e. The maximum atomic E-state index is 12.4.